The van der Waals surface area contributed by atoms with Crippen molar-refractivity contribution in [1.29, 1.82) is 0 Å². The van der Waals surface area contributed by atoms with Crippen LogP contribution in [0.4, 0.5) is 14.9 Å². The van der Waals surface area contributed by atoms with Crippen LogP contribution in [0.3, 0.4) is 0 Å². The molecule has 17 heavy (non-hydrogen) atoms. The Kier molecular flexibility index (Phi) is 3.89. The van der Waals surface area contributed by atoms with Crippen LogP contribution in [0.1, 0.15) is 6.92 Å². The highest BCUT2D eigenvalue weighted by Crippen LogP contribution is 2.15. The molecule has 94 valence electrons. The molecule has 1 rings (SSSR count). The van der Waals surface area contributed by atoms with Crippen molar-refractivity contribution < 1.29 is 17.6 Å². The quantitative estimate of drug-likeness (QED) is 0.686. The minimum absolute atomic E-state index is 0.0405. The summed E-state index contributed by atoms with van der Waals surface area (Å²) in [6.07, 6.45) is 0. The van der Waals surface area contributed by atoms with Gasteiger partial charge >= 0.3 is 6.03 Å². The van der Waals surface area contributed by atoms with Gasteiger partial charge in [0.25, 0.3) is 10.0 Å². The normalized spacial score (nSPS) is 10.9. The third-order valence-corrected chi connectivity index (χ3v) is 3.08. The van der Waals surface area contributed by atoms with Gasteiger partial charge in [0, 0.05) is 12.2 Å². The lowest BCUT2D eigenvalue weighted by atomic mass is 10.3. The smallest absolute Gasteiger partial charge is 0.328 e. The van der Waals surface area contributed by atoms with Crippen LogP contribution in [0, 0.1) is 5.82 Å². The number of urea groups is 1. The van der Waals surface area contributed by atoms with E-state index in [9.17, 15) is 17.6 Å². The second-order valence-corrected chi connectivity index (χ2v) is 4.87. The number of carbonyl (C=O) groups is 1. The van der Waals surface area contributed by atoms with Crippen LogP contribution in [0.5, 0.6) is 0 Å². The molecule has 0 aliphatic heterocycles. The maximum absolute atomic E-state index is 13.0. The van der Waals surface area contributed by atoms with Gasteiger partial charge in [0.15, 0.2) is 0 Å². The summed E-state index contributed by atoms with van der Waals surface area (Å²) >= 11 is 0. The topological polar surface area (TPSA) is 101 Å². The fraction of sp³-hybridized carbons (Fsp3) is 0.222. The van der Waals surface area contributed by atoms with E-state index < -0.39 is 26.8 Å². The Hall–Kier alpha value is -1.83. The number of amides is 2. The first-order valence-corrected chi connectivity index (χ1v) is 6.20. The molecule has 0 saturated carbocycles. The summed E-state index contributed by atoms with van der Waals surface area (Å²) in [4.78, 5) is 10.7. The van der Waals surface area contributed by atoms with Crippen molar-refractivity contribution in [2.45, 2.75) is 11.8 Å². The average Bonchev–Trinajstić information content (AvgIpc) is 2.15. The lowest BCUT2D eigenvalue weighted by Crippen LogP contribution is -2.39. The van der Waals surface area contributed by atoms with Crippen molar-refractivity contribution in [3.8, 4) is 0 Å². The Morgan fingerprint density at radius 1 is 1.41 bits per heavy atom. The summed E-state index contributed by atoms with van der Waals surface area (Å²) in [7, 11) is -4.11. The van der Waals surface area contributed by atoms with E-state index in [-0.39, 0.29) is 12.2 Å². The number of benzene rings is 1. The highest BCUT2D eigenvalue weighted by Gasteiger charge is 2.18. The van der Waals surface area contributed by atoms with Crippen molar-refractivity contribution in [2.24, 2.45) is 0 Å². The number of halogens is 1. The molecule has 0 atom stereocenters. The summed E-state index contributed by atoms with van der Waals surface area (Å²) in [5.41, 5.74) is 5.27. The first-order chi connectivity index (χ1) is 7.85. The molecule has 2 amide bonds. The Bertz CT molecular complexity index is 510. The maximum Gasteiger partial charge on any atom is 0.328 e. The zero-order valence-corrected chi connectivity index (χ0v) is 9.84. The molecular weight excluding hydrogens is 249 g/mol. The molecule has 0 unspecified atom stereocenters. The Morgan fingerprint density at radius 3 is 2.59 bits per heavy atom. The van der Waals surface area contributed by atoms with E-state index in [1.807, 2.05) is 0 Å². The van der Waals surface area contributed by atoms with Crippen LogP contribution in [0.15, 0.2) is 23.1 Å². The number of sulfonamides is 1. The zero-order valence-electron chi connectivity index (χ0n) is 9.03. The number of anilines is 1. The van der Waals surface area contributed by atoms with Gasteiger partial charge in [0.1, 0.15) is 5.82 Å². The van der Waals surface area contributed by atoms with Crippen molar-refractivity contribution >= 4 is 21.7 Å². The highest BCUT2D eigenvalue weighted by molar-refractivity contribution is 7.90. The van der Waals surface area contributed by atoms with Crippen molar-refractivity contribution in [2.75, 3.05) is 12.3 Å². The van der Waals surface area contributed by atoms with Gasteiger partial charge in [-0.3, -0.25) is 0 Å². The van der Waals surface area contributed by atoms with E-state index in [0.29, 0.717) is 0 Å². The molecule has 1 aromatic rings. The monoisotopic (exact) mass is 261 g/mol. The largest absolute Gasteiger partial charge is 0.399 e. The third kappa shape index (κ3) is 3.59. The van der Waals surface area contributed by atoms with E-state index in [0.717, 1.165) is 18.2 Å². The van der Waals surface area contributed by atoms with Gasteiger partial charge < -0.3 is 11.1 Å². The predicted octanol–water partition coefficient (Wildman–Crippen LogP) is 0.416. The molecule has 0 spiro atoms. The van der Waals surface area contributed by atoms with Gasteiger partial charge in [-0.25, -0.2) is 22.3 Å². The second kappa shape index (κ2) is 5.00. The van der Waals surface area contributed by atoms with E-state index in [2.05, 4.69) is 5.32 Å². The Balaban J connectivity index is 3.01. The predicted molar refractivity (Wildman–Crippen MR) is 60.2 cm³/mol. The first kappa shape index (κ1) is 13.2. The number of nitrogens with one attached hydrogen (secondary N) is 2. The van der Waals surface area contributed by atoms with E-state index in [1.165, 1.54) is 0 Å². The lowest BCUT2D eigenvalue weighted by Gasteiger charge is -2.08. The van der Waals surface area contributed by atoms with Crippen LogP contribution in [0.2, 0.25) is 0 Å². The summed E-state index contributed by atoms with van der Waals surface area (Å²) < 4.78 is 38.0. The number of hydrogen-bond donors (Lipinski definition) is 3. The van der Waals surface area contributed by atoms with Gasteiger partial charge in [-0.1, -0.05) is 0 Å². The van der Waals surface area contributed by atoms with Gasteiger partial charge in [0.05, 0.1) is 4.90 Å². The average molecular weight is 261 g/mol. The van der Waals surface area contributed by atoms with Crippen LogP contribution in [0.25, 0.3) is 0 Å². The van der Waals surface area contributed by atoms with Crippen LogP contribution in [-0.2, 0) is 10.0 Å². The molecular formula is C9H12FN3O3S. The van der Waals surface area contributed by atoms with Gasteiger partial charge in [0.2, 0.25) is 0 Å². The first-order valence-electron chi connectivity index (χ1n) is 4.72. The van der Waals surface area contributed by atoms with Gasteiger partial charge in [-0.2, -0.15) is 0 Å². The summed E-state index contributed by atoms with van der Waals surface area (Å²) in [5, 5.41) is 2.25. The lowest BCUT2D eigenvalue weighted by molar-refractivity contribution is 0.246. The summed E-state index contributed by atoms with van der Waals surface area (Å²) in [6.45, 7) is 1.90. The van der Waals surface area contributed by atoms with Crippen molar-refractivity contribution in [3.05, 3.63) is 24.0 Å². The van der Waals surface area contributed by atoms with E-state index in [4.69, 9.17) is 5.73 Å². The van der Waals surface area contributed by atoms with Crippen molar-refractivity contribution in [3.63, 3.8) is 0 Å². The fourth-order valence-electron chi connectivity index (χ4n) is 1.12. The van der Waals surface area contributed by atoms with Crippen LogP contribution < -0.4 is 15.8 Å². The van der Waals surface area contributed by atoms with Gasteiger partial charge in [-0.05, 0) is 25.1 Å². The minimum atomic E-state index is -4.11. The molecule has 1 aromatic carbocycles. The molecule has 0 aromatic heterocycles. The molecule has 0 fully saturated rings. The second-order valence-electron chi connectivity index (χ2n) is 3.19. The van der Waals surface area contributed by atoms with Crippen LogP contribution >= 0.6 is 0 Å². The van der Waals surface area contributed by atoms with Gasteiger partial charge in [-0.15, -0.1) is 0 Å². The summed E-state index contributed by atoms with van der Waals surface area (Å²) in [5.74, 6) is -0.790. The molecule has 0 aliphatic carbocycles. The standard InChI is InChI=1S/C9H12FN3O3S/c1-2-12-9(14)13-17(15,16)8-4-6(10)3-7(11)5-8/h3-5H,2,11H2,1H3,(H2,12,13,14). The fourth-order valence-corrected chi connectivity index (χ4v) is 2.11. The SMILES string of the molecule is CCNC(=O)NS(=O)(=O)c1cc(N)cc(F)c1. The molecule has 8 heteroatoms. The summed E-state index contributed by atoms with van der Waals surface area (Å²) in [6, 6.07) is 1.93. The third-order valence-electron chi connectivity index (χ3n) is 1.77. The number of carbonyl (C=O) groups excluding carboxylic acids is 1. The number of nitrogen functional groups attached to an aromatic ring is 1. The number of rotatable bonds is 3. The maximum atomic E-state index is 13.0. The van der Waals surface area contributed by atoms with E-state index in [1.54, 1.807) is 11.6 Å². The molecule has 4 N–H and O–H groups in total. The Labute approximate surface area is 98.1 Å². The minimum Gasteiger partial charge on any atom is -0.399 e. The van der Waals surface area contributed by atoms with E-state index >= 15 is 0 Å². The molecule has 0 bridgehead atoms. The highest BCUT2D eigenvalue weighted by atomic mass is 32.2. The zero-order chi connectivity index (χ0) is 13.1. The number of nitrogens with two attached hydrogens (primary N) is 1. The number of hydrogen-bond acceptors (Lipinski definition) is 4. The van der Waals surface area contributed by atoms with Crippen molar-refractivity contribution in [1.82, 2.24) is 10.0 Å². The molecule has 0 radical (unpaired) electrons. The van der Waals surface area contributed by atoms with Crippen LogP contribution in [-0.4, -0.2) is 21.0 Å². The molecule has 0 saturated heterocycles. The molecule has 6 nitrogen and oxygen atoms in total. The molecule has 0 heterocycles. The Morgan fingerprint density at radius 2 is 2.06 bits per heavy atom. The molecule has 0 aliphatic rings.